The minimum atomic E-state index is -1.78. The summed E-state index contributed by atoms with van der Waals surface area (Å²) in [7, 11) is -1.78. The van der Waals surface area contributed by atoms with Gasteiger partial charge < -0.3 is 13.9 Å². The summed E-state index contributed by atoms with van der Waals surface area (Å²) in [6.07, 6.45) is 7.63. The van der Waals surface area contributed by atoms with Crippen molar-refractivity contribution in [1.82, 2.24) is 0 Å². The maximum absolute atomic E-state index is 9.45. The van der Waals surface area contributed by atoms with Gasteiger partial charge in [0.05, 0.1) is 13.2 Å². The zero-order valence-corrected chi connectivity index (χ0v) is 10.6. The monoisotopic (exact) mass is 252 g/mol. The van der Waals surface area contributed by atoms with Gasteiger partial charge in [0.15, 0.2) is 0 Å². The van der Waals surface area contributed by atoms with Crippen LogP contribution in [0.1, 0.15) is 24.8 Å². The zero-order valence-electron chi connectivity index (χ0n) is 9.71. The molecule has 0 aliphatic rings. The average molecular weight is 252 g/mol. The van der Waals surface area contributed by atoms with E-state index in [2.05, 4.69) is 5.92 Å². The number of benzene rings is 1. The molecule has 1 aromatic rings. The van der Waals surface area contributed by atoms with Crippen molar-refractivity contribution in [3.05, 3.63) is 35.9 Å². The van der Waals surface area contributed by atoms with Crippen LogP contribution in [0.4, 0.5) is 0 Å². The number of rotatable bonds is 8. The quantitative estimate of drug-likeness (QED) is 0.438. The molecule has 0 aliphatic heterocycles. The Morgan fingerprint density at radius 3 is 2.65 bits per heavy atom. The number of unbranched alkanes of at least 4 members (excludes halogenated alkanes) is 2. The van der Waals surface area contributed by atoms with Crippen LogP contribution in [-0.4, -0.2) is 11.5 Å². The van der Waals surface area contributed by atoms with E-state index in [4.69, 9.17) is 15.5 Å². The Bertz CT molecular complexity index is 334. The third-order valence-corrected chi connectivity index (χ3v) is 2.86. The van der Waals surface area contributed by atoms with Crippen LogP contribution >= 0.6 is 8.60 Å². The first-order valence-corrected chi connectivity index (χ1v) is 6.68. The fraction of sp³-hybridized carbons (Fsp3) is 0.385. The van der Waals surface area contributed by atoms with Crippen LogP contribution in [0.2, 0.25) is 0 Å². The summed E-state index contributed by atoms with van der Waals surface area (Å²) in [5.74, 6) is 2.56. The second-order valence-electron chi connectivity index (χ2n) is 3.49. The van der Waals surface area contributed by atoms with E-state index in [1.54, 1.807) is 0 Å². The Hall–Kier alpha value is -0.910. The summed E-state index contributed by atoms with van der Waals surface area (Å²) in [6.45, 7) is 0.853. The summed E-state index contributed by atoms with van der Waals surface area (Å²) in [5.41, 5.74) is 1.02. The van der Waals surface area contributed by atoms with Gasteiger partial charge in [-0.3, -0.25) is 0 Å². The van der Waals surface area contributed by atoms with Gasteiger partial charge in [-0.05, 0) is 18.4 Å². The molecule has 0 radical (unpaired) electrons. The van der Waals surface area contributed by atoms with Gasteiger partial charge in [0.25, 0.3) is 0 Å². The molecular formula is C13H17O3P. The molecule has 1 unspecified atom stereocenters. The lowest BCUT2D eigenvalue weighted by Gasteiger charge is -2.10. The van der Waals surface area contributed by atoms with E-state index < -0.39 is 8.60 Å². The van der Waals surface area contributed by atoms with Gasteiger partial charge >= 0.3 is 8.60 Å². The first kappa shape index (κ1) is 14.2. The summed E-state index contributed by atoms with van der Waals surface area (Å²) in [5, 5.41) is 0. The van der Waals surface area contributed by atoms with Gasteiger partial charge in [-0.2, -0.15) is 0 Å². The van der Waals surface area contributed by atoms with Gasteiger partial charge in [-0.15, -0.1) is 12.3 Å². The van der Waals surface area contributed by atoms with E-state index >= 15 is 0 Å². The van der Waals surface area contributed by atoms with E-state index in [0.717, 1.165) is 24.8 Å². The van der Waals surface area contributed by atoms with Crippen molar-refractivity contribution in [3.63, 3.8) is 0 Å². The molecule has 1 atom stereocenters. The Morgan fingerprint density at radius 1 is 1.18 bits per heavy atom. The van der Waals surface area contributed by atoms with Crippen molar-refractivity contribution in [1.29, 1.82) is 0 Å². The molecule has 17 heavy (non-hydrogen) atoms. The lowest BCUT2D eigenvalue weighted by molar-refractivity contribution is 0.191. The molecule has 0 heterocycles. The highest BCUT2D eigenvalue weighted by molar-refractivity contribution is 7.40. The van der Waals surface area contributed by atoms with Crippen molar-refractivity contribution in [2.24, 2.45) is 0 Å². The van der Waals surface area contributed by atoms with E-state index in [9.17, 15) is 4.89 Å². The van der Waals surface area contributed by atoms with Gasteiger partial charge in [0, 0.05) is 6.42 Å². The minimum Gasteiger partial charge on any atom is -0.328 e. The van der Waals surface area contributed by atoms with Crippen LogP contribution in [0.15, 0.2) is 30.3 Å². The molecule has 1 rings (SSSR count). The summed E-state index contributed by atoms with van der Waals surface area (Å²) >= 11 is 0. The van der Waals surface area contributed by atoms with E-state index in [1.807, 2.05) is 30.3 Å². The fourth-order valence-corrected chi connectivity index (χ4v) is 1.83. The zero-order chi connectivity index (χ0) is 12.3. The standard InChI is InChI=1S/C13H17O3P/c1-2-3-4-8-11-15-17(14)16-12-13-9-6-5-7-10-13/h1,5-7,9-10,14H,3-4,8,11-12H2. The highest BCUT2D eigenvalue weighted by Gasteiger charge is 2.06. The van der Waals surface area contributed by atoms with Gasteiger partial charge in [-0.1, -0.05) is 30.3 Å². The molecule has 0 saturated carbocycles. The van der Waals surface area contributed by atoms with Crippen LogP contribution in [0, 0.1) is 12.3 Å². The van der Waals surface area contributed by atoms with Crippen molar-refractivity contribution < 1.29 is 13.9 Å². The lowest BCUT2D eigenvalue weighted by atomic mass is 10.2. The highest BCUT2D eigenvalue weighted by atomic mass is 31.2. The Morgan fingerprint density at radius 2 is 1.94 bits per heavy atom. The van der Waals surface area contributed by atoms with Crippen LogP contribution in [0.3, 0.4) is 0 Å². The normalized spacial score (nSPS) is 12.0. The Labute approximate surface area is 104 Å². The van der Waals surface area contributed by atoms with E-state index in [0.29, 0.717) is 13.2 Å². The molecule has 0 amide bonds. The predicted octanol–water partition coefficient (Wildman–Crippen LogP) is 3.24. The summed E-state index contributed by atoms with van der Waals surface area (Å²) in [4.78, 5) is 9.45. The number of hydrogen-bond donors (Lipinski definition) is 1. The number of hydrogen-bond acceptors (Lipinski definition) is 3. The minimum absolute atomic E-state index is 0.368. The molecule has 0 fully saturated rings. The van der Waals surface area contributed by atoms with Crippen LogP contribution in [0.5, 0.6) is 0 Å². The van der Waals surface area contributed by atoms with Gasteiger partial charge in [0.2, 0.25) is 0 Å². The maximum atomic E-state index is 9.45. The van der Waals surface area contributed by atoms with E-state index in [1.165, 1.54) is 0 Å². The van der Waals surface area contributed by atoms with E-state index in [-0.39, 0.29) is 0 Å². The lowest BCUT2D eigenvalue weighted by Crippen LogP contribution is -1.94. The first-order valence-electron chi connectivity index (χ1n) is 5.55. The number of terminal acetylenes is 1. The molecule has 0 saturated heterocycles. The average Bonchev–Trinajstić information content (AvgIpc) is 2.37. The molecule has 0 spiro atoms. The smallest absolute Gasteiger partial charge is 0.328 e. The summed E-state index contributed by atoms with van der Waals surface area (Å²) < 4.78 is 10.3. The fourth-order valence-electron chi connectivity index (χ4n) is 1.21. The molecule has 4 heteroatoms. The summed E-state index contributed by atoms with van der Waals surface area (Å²) in [6, 6.07) is 9.68. The molecule has 3 nitrogen and oxygen atoms in total. The predicted molar refractivity (Wildman–Crippen MR) is 69.0 cm³/mol. The Balaban J connectivity index is 2.05. The maximum Gasteiger partial charge on any atom is 0.330 e. The highest BCUT2D eigenvalue weighted by Crippen LogP contribution is 2.34. The topological polar surface area (TPSA) is 38.7 Å². The van der Waals surface area contributed by atoms with Gasteiger partial charge in [-0.25, -0.2) is 0 Å². The second-order valence-corrected chi connectivity index (χ2v) is 4.48. The molecular weight excluding hydrogens is 235 g/mol. The van der Waals surface area contributed by atoms with Crippen LogP contribution in [-0.2, 0) is 15.7 Å². The second kappa shape index (κ2) is 9.15. The third-order valence-electron chi connectivity index (χ3n) is 2.10. The SMILES string of the molecule is C#CCCCCOP(O)OCc1ccccc1. The molecule has 0 aliphatic carbocycles. The van der Waals surface area contributed by atoms with Crippen LogP contribution < -0.4 is 0 Å². The van der Waals surface area contributed by atoms with Crippen LogP contribution in [0.25, 0.3) is 0 Å². The molecule has 1 N–H and O–H groups in total. The van der Waals surface area contributed by atoms with Crippen molar-refractivity contribution in [2.45, 2.75) is 25.9 Å². The van der Waals surface area contributed by atoms with Crippen molar-refractivity contribution >= 4 is 8.60 Å². The molecule has 0 bridgehead atoms. The van der Waals surface area contributed by atoms with Crippen molar-refractivity contribution in [2.75, 3.05) is 6.61 Å². The van der Waals surface area contributed by atoms with Crippen molar-refractivity contribution in [3.8, 4) is 12.3 Å². The molecule has 1 aromatic carbocycles. The molecule has 92 valence electrons. The first-order chi connectivity index (χ1) is 8.33. The third kappa shape index (κ3) is 7.10. The molecule has 0 aromatic heterocycles. The van der Waals surface area contributed by atoms with Gasteiger partial charge in [0.1, 0.15) is 0 Å². The Kier molecular flexibility index (Phi) is 7.62. The largest absolute Gasteiger partial charge is 0.330 e.